The number of fused-ring (bicyclic) bond motifs is 2. The van der Waals surface area contributed by atoms with E-state index in [1.165, 1.54) is 12.1 Å². The van der Waals surface area contributed by atoms with Gasteiger partial charge >= 0.3 is 6.18 Å². The van der Waals surface area contributed by atoms with E-state index in [4.69, 9.17) is 27.9 Å². The van der Waals surface area contributed by atoms with Gasteiger partial charge in [-0.15, -0.1) is 0 Å². The Morgan fingerprint density at radius 1 is 1.17 bits per heavy atom. The highest BCUT2D eigenvalue weighted by molar-refractivity contribution is 6.34. The minimum atomic E-state index is -5.12. The second kappa shape index (κ2) is 7.21. The van der Waals surface area contributed by atoms with Crippen LogP contribution < -0.4 is 0 Å². The van der Waals surface area contributed by atoms with Crippen LogP contribution >= 0.6 is 23.2 Å². The van der Waals surface area contributed by atoms with Crippen molar-refractivity contribution < 1.29 is 27.8 Å². The summed E-state index contributed by atoms with van der Waals surface area (Å²) in [5, 5.41) is 10.5. The number of carbonyl (C=O) groups excluding carboxylic acids is 1. The van der Waals surface area contributed by atoms with Gasteiger partial charge in [-0.25, -0.2) is 0 Å². The first-order valence-corrected chi connectivity index (χ1v) is 9.94. The third-order valence-corrected chi connectivity index (χ3v) is 6.14. The largest absolute Gasteiger partial charge is 0.421 e. The maximum atomic E-state index is 13.9. The van der Waals surface area contributed by atoms with Crippen LogP contribution in [-0.4, -0.2) is 42.1 Å². The van der Waals surface area contributed by atoms with Crippen LogP contribution in [0.25, 0.3) is 0 Å². The molecule has 2 aliphatic rings. The Morgan fingerprint density at radius 2 is 1.80 bits per heavy atom. The summed E-state index contributed by atoms with van der Waals surface area (Å²) in [6.45, 7) is 1.68. The van der Waals surface area contributed by atoms with E-state index in [1.807, 2.05) is 7.05 Å². The molecule has 9 heteroatoms. The molecule has 1 N–H and O–H groups in total. The fourth-order valence-electron chi connectivity index (χ4n) is 4.17. The summed E-state index contributed by atoms with van der Waals surface area (Å²) in [6.07, 6.45) is -6.31. The average Bonchev–Trinajstić information content (AvgIpc) is 2.98. The first kappa shape index (κ1) is 21.6. The predicted octanol–water partition coefficient (Wildman–Crippen LogP) is 4.69. The predicted molar refractivity (Wildman–Crippen MR) is 106 cm³/mol. The molecule has 2 aromatic carbocycles. The molecule has 0 bridgehead atoms. The van der Waals surface area contributed by atoms with Crippen LogP contribution in [0.15, 0.2) is 36.4 Å². The number of aliphatic hydroxyl groups is 1. The van der Waals surface area contributed by atoms with Gasteiger partial charge in [0.25, 0.3) is 0 Å². The van der Waals surface area contributed by atoms with E-state index in [0.29, 0.717) is 19.7 Å². The van der Waals surface area contributed by atoms with Crippen molar-refractivity contribution in [2.45, 2.75) is 30.4 Å². The van der Waals surface area contributed by atoms with Gasteiger partial charge < -0.3 is 9.84 Å². The van der Waals surface area contributed by atoms with Crippen molar-refractivity contribution in [3.05, 3.63) is 68.7 Å². The number of Topliss-reactive ketones (excluding diaryl/α,β-unsaturated/α-hetero) is 1. The van der Waals surface area contributed by atoms with Crippen molar-refractivity contribution in [3.63, 3.8) is 0 Å². The Kier molecular flexibility index (Phi) is 5.19. The molecule has 1 fully saturated rings. The number of halogens is 5. The normalized spacial score (nSPS) is 20.0. The van der Waals surface area contributed by atoms with E-state index < -0.39 is 35.1 Å². The molecule has 0 aliphatic carbocycles. The van der Waals surface area contributed by atoms with Gasteiger partial charge in [-0.05, 0) is 48.0 Å². The number of hydrogen-bond donors (Lipinski definition) is 1. The van der Waals surface area contributed by atoms with Crippen LogP contribution in [0.4, 0.5) is 13.2 Å². The van der Waals surface area contributed by atoms with Crippen molar-refractivity contribution in [2.24, 2.45) is 0 Å². The lowest BCUT2D eigenvalue weighted by atomic mass is 9.82. The van der Waals surface area contributed by atoms with Gasteiger partial charge in [-0.2, -0.15) is 13.2 Å². The molecule has 0 radical (unpaired) electrons. The van der Waals surface area contributed by atoms with Crippen LogP contribution in [0.3, 0.4) is 0 Å². The molecule has 0 aromatic heterocycles. The van der Waals surface area contributed by atoms with E-state index in [-0.39, 0.29) is 15.6 Å². The summed E-state index contributed by atoms with van der Waals surface area (Å²) in [7, 11) is 1.93. The summed E-state index contributed by atoms with van der Waals surface area (Å²) >= 11 is 11.6. The van der Waals surface area contributed by atoms with E-state index in [0.717, 1.165) is 23.3 Å². The molecule has 160 valence electrons. The Bertz CT molecular complexity index is 995. The summed E-state index contributed by atoms with van der Waals surface area (Å²) in [5.74, 6) is -0.844. The number of nitrogens with zero attached hydrogens (tertiary/aromatic N) is 1. The van der Waals surface area contributed by atoms with Crippen molar-refractivity contribution >= 4 is 29.0 Å². The quantitative estimate of drug-likeness (QED) is 0.673. The fourth-order valence-corrected chi connectivity index (χ4v) is 4.70. The standard InChI is InChI=1S/C21H18Cl2F3NO3/c1-27-10-19(11-27)17-4-12(2-3-13(17)9-30-19)18(28)8-20(29,21(24,25)26)14-5-15(22)7-16(23)6-14/h2-7,29H,8-11H2,1H3. The van der Waals surface area contributed by atoms with Crippen molar-refractivity contribution in [2.75, 3.05) is 20.1 Å². The molecule has 2 heterocycles. The van der Waals surface area contributed by atoms with Crippen LogP contribution in [-0.2, 0) is 22.5 Å². The molecule has 1 unspecified atom stereocenters. The summed E-state index contributed by atoms with van der Waals surface area (Å²) in [6, 6.07) is 7.92. The molecule has 4 rings (SSSR count). The monoisotopic (exact) mass is 459 g/mol. The van der Waals surface area contributed by atoms with Crippen LogP contribution in [0.2, 0.25) is 10.0 Å². The third kappa shape index (κ3) is 3.52. The van der Waals surface area contributed by atoms with Crippen LogP contribution in [0.1, 0.15) is 33.5 Å². The van der Waals surface area contributed by atoms with Gasteiger partial charge in [-0.3, -0.25) is 9.69 Å². The number of likely N-dealkylation sites (tertiary alicyclic amines) is 1. The molecule has 1 atom stereocenters. The van der Waals surface area contributed by atoms with Crippen molar-refractivity contribution in [3.8, 4) is 0 Å². The first-order valence-electron chi connectivity index (χ1n) is 9.18. The zero-order chi connectivity index (χ0) is 21.9. The topological polar surface area (TPSA) is 49.8 Å². The highest BCUT2D eigenvalue weighted by Crippen LogP contribution is 2.45. The molecule has 30 heavy (non-hydrogen) atoms. The Morgan fingerprint density at radius 3 is 2.37 bits per heavy atom. The van der Waals surface area contributed by atoms with Crippen molar-refractivity contribution in [1.29, 1.82) is 0 Å². The van der Waals surface area contributed by atoms with E-state index in [1.54, 1.807) is 12.1 Å². The lowest BCUT2D eigenvalue weighted by Gasteiger charge is -2.45. The molecule has 2 aromatic rings. The Labute approximate surface area is 181 Å². The zero-order valence-electron chi connectivity index (χ0n) is 15.9. The van der Waals surface area contributed by atoms with Gasteiger partial charge in [-0.1, -0.05) is 35.3 Å². The van der Waals surface area contributed by atoms with Gasteiger partial charge in [0.05, 0.1) is 13.0 Å². The van der Waals surface area contributed by atoms with E-state index in [2.05, 4.69) is 4.90 Å². The summed E-state index contributed by atoms with van der Waals surface area (Å²) in [5.41, 5.74) is -2.73. The average molecular weight is 460 g/mol. The lowest BCUT2D eigenvalue weighted by molar-refractivity contribution is -0.264. The summed E-state index contributed by atoms with van der Waals surface area (Å²) in [4.78, 5) is 14.9. The summed E-state index contributed by atoms with van der Waals surface area (Å²) < 4.78 is 47.5. The Hall–Kier alpha value is -1.64. The minimum absolute atomic E-state index is 0.0710. The smallest absolute Gasteiger partial charge is 0.376 e. The van der Waals surface area contributed by atoms with E-state index in [9.17, 15) is 23.1 Å². The molecule has 1 spiro atoms. The number of rotatable bonds is 4. The lowest BCUT2D eigenvalue weighted by Crippen LogP contribution is -2.57. The number of ketones is 1. The molecule has 4 nitrogen and oxygen atoms in total. The highest BCUT2D eigenvalue weighted by atomic mass is 35.5. The highest BCUT2D eigenvalue weighted by Gasteiger charge is 2.56. The number of benzene rings is 2. The second-order valence-corrected chi connectivity index (χ2v) is 8.82. The molecule has 0 saturated carbocycles. The maximum Gasteiger partial charge on any atom is 0.421 e. The second-order valence-electron chi connectivity index (χ2n) is 7.94. The number of ether oxygens (including phenoxy) is 1. The number of likely N-dealkylation sites (N-methyl/N-ethyl adjacent to an activating group) is 1. The number of carbonyl (C=O) groups is 1. The van der Waals surface area contributed by atoms with Crippen LogP contribution in [0, 0.1) is 0 Å². The number of hydrogen-bond acceptors (Lipinski definition) is 4. The zero-order valence-corrected chi connectivity index (χ0v) is 17.4. The van der Waals surface area contributed by atoms with Gasteiger partial charge in [0, 0.05) is 28.7 Å². The fraction of sp³-hybridized carbons (Fsp3) is 0.381. The molecular formula is C21H18Cl2F3NO3. The minimum Gasteiger partial charge on any atom is -0.376 e. The van der Waals surface area contributed by atoms with Crippen molar-refractivity contribution in [1.82, 2.24) is 4.90 Å². The first-order chi connectivity index (χ1) is 13.9. The maximum absolute atomic E-state index is 13.9. The van der Waals surface area contributed by atoms with Gasteiger partial charge in [0.2, 0.25) is 0 Å². The molecule has 1 saturated heterocycles. The SMILES string of the molecule is CN1CC2(C1)OCc1ccc(C(=O)CC(O)(c3cc(Cl)cc(Cl)c3)C(F)(F)F)cc12. The van der Waals surface area contributed by atoms with Gasteiger partial charge in [0.15, 0.2) is 11.4 Å². The van der Waals surface area contributed by atoms with Gasteiger partial charge in [0.1, 0.15) is 5.60 Å². The molecule has 2 aliphatic heterocycles. The third-order valence-electron chi connectivity index (χ3n) is 5.70. The Balaban J connectivity index is 1.68. The van der Waals surface area contributed by atoms with Crippen LogP contribution in [0.5, 0.6) is 0 Å². The molecule has 0 amide bonds. The van der Waals surface area contributed by atoms with E-state index >= 15 is 0 Å². The number of alkyl halides is 3. The molecular weight excluding hydrogens is 442 g/mol.